The summed E-state index contributed by atoms with van der Waals surface area (Å²) in [5, 5.41) is 14.3. The van der Waals surface area contributed by atoms with Crippen LogP contribution in [0.5, 0.6) is 0 Å². The summed E-state index contributed by atoms with van der Waals surface area (Å²) in [6.07, 6.45) is 0.877. The van der Waals surface area contributed by atoms with Gasteiger partial charge in [-0.25, -0.2) is 0 Å². The van der Waals surface area contributed by atoms with E-state index in [4.69, 9.17) is 5.11 Å². The van der Waals surface area contributed by atoms with Crippen molar-refractivity contribution in [1.82, 2.24) is 10.6 Å². The van der Waals surface area contributed by atoms with E-state index in [-0.39, 0.29) is 30.2 Å². The first-order chi connectivity index (χ1) is 8.41. The third kappa shape index (κ3) is 4.01. The van der Waals surface area contributed by atoms with Crippen LogP contribution in [0, 0.1) is 17.8 Å². The van der Waals surface area contributed by atoms with Gasteiger partial charge in [0, 0.05) is 19.5 Å². The highest BCUT2D eigenvalue weighted by Crippen LogP contribution is 2.13. The highest BCUT2D eigenvalue weighted by atomic mass is 16.4. The Morgan fingerprint density at radius 2 is 2.17 bits per heavy atom. The third-order valence-corrected chi connectivity index (χ3v) is 3.25. The van der Waals surface area contributed by atoms with E-state index in [9.17, 15) is 14.4 Å². The van der Waals surface area contributed by atoms with Gasteiger partial charge in [0.1, 0.15) is 0 Å². The molecule has 18 heavy (non-hydrogen) atoms. The minimum Gasteiger partial charge on any atom is -0.481 e. The number of piperidine rings is 1. The molecule has 0 saturated carbocycles. The maximum Gasteiger partial charge on any atom is 0.308 e. The number of carbonyl (C=O) groups is 3. The van der Waals surface area contributed by atoms with Crippen LogP contribution in [-0.4, -0.2) is 36.0 Å². The molecule has 2 atom stereocenters. The van der Waals surface area contributed by atoms with Crippen molar-refractivity contribution in [3.05, 3.63) is 0 Å². The topological polar surface area (TPSA) is 95.5 Å². The lowest BCUT2D eigenvalue weighted by Gasteiger charge is -2.23. The van der Waals surface area contributed by atoms with Gasteiger partial charge >= 0.3 is 5.97 Å². The van der Waals surface area contributed by atoms with E-state index in [0.29, 0.717) is 19.4 Å². The molecule has 0 aromatic rings. The van der Waals surface area contributed by atoms with Gasteiger partial charge in [0.25, 0.3) is 0 Å². The molecule has 6 nitrogen and oxygen atoms in total. The first-order valence-corrected chi connectivity index (χ1v) is 6.19. The maximum absolute atomic E-state index is 11.8. The molecule has 1 fully saturated rings. The number of carboxylic acid groups (broad SMARTS) is 1. The molecule has 1 rings (SSSR count). The van der Waals surface area contributed by atoms with Crippen LogP contribution in [0.4, 0.5) is 0 Å². The van der Waals surface area contributed by atoms with Gasteiger partial charge in [-0.3, -0.25) is 14.4 Å². The molecule has 0 aromatic carbocycles. The fourth-order valence-electron chi connectivity index (χ4n) is 1.92. The first kappa shape index (κ1) is 14.5. The standard InChI is InChI=1S/C12H20N2O4/c1-7(2)9(12(17)18)6-14-11(16)8-3-4-10(15)13-5-8/h7-9H,3-6H2,1-2H3,(H,13,15)(H,14,16)(H,17,18). The fourth-order valence-corrected chi connectivity index (χ4v) is 1.92. The van der Waals surface area contributed by atoms with Gasteiger partial charge in [0.2, 0.25) is 11.8 Å². The highest BCUT2D eigenvalue weighted by molar-refractivity contribution is 5.84. The van der Waals surface area contributed by atoms with Gasteiger partial charge in [-0.15, -0.1) is 0 Å². The third-order valence-electron chi connectivity index (χ3n) is 3.25. The lowest BCUT2D eigenvalue weighted by atomic mass is 9.94. The number of amides is 2. The summed E-state index contributed by atoms with van der Waals surface area (Å²) in [5.74, 6) is -1.97. The Balaban J connectivity index is 2.40. The Bertz CT molecular complexity index is 331. The molecule has 2 amide bonds. The minimum atomic E-state index is -0.901. The number of aliphatic carboxylic acids is 1. The molecule has 0 aromatic heterocycles. The Morgan fingerprint density at radius 3 is 2.61 bits per heavy atom. The lowest BCUT2D eigenvalue weighted by Crippen LogP contribution is -2.45. The molecule has 2 unspecified atom stereocenters. The van der Waals surface area contributed by atoms with E-state index in [1.165, 1.54) is 0 Å². The van der Waals surface area contributed by atoms with E-state index in [1.807, 2.05) is 13.8 Å². The van der Waals surface area contributed by atoms with Crippen molar-refractivity contribution in [3.63, 3.8) is 0 Å². The van der Waals surface area contributed by atoms with Crippen molar-refractivity contribution in [2.45, 2.75) is 26.7 Å². The second kappa shape index (κ2) is 6.37. The summed E-state index contributed by atoms with van der Waals surface area (Å²) in [6.45, 7) is 4.10. The van der Waals surface area contributed by atoms with Crippen molar-refractivity contribution in [2.24, 2.45) is 17.8 Å². The number of hydrogen-bond acceptors (Lipinski definition) is 3. The zero-order valence-corrected chi connectivity index (χ0v) is 10.7. The van der Waals surface area contributed by atoms with Crippen LogP contribution in [0.25, 0.3) is 0 Å². The molecule has 0 bridgehead atoms. The van der Waals surface area contributed by atoms with Crippen molar-refractivity contribution < 1.29 is 19.5 Å². The van der Waals surface area contributed by atoms with Crippen LogP contribution in [0.1, 0.15) is 26.7 Å². The Hall–Kier alpha value is -1.59. The summed E-state index contributed by atoms with van der Waals surface area (Å²) in [6, 6.07) is 0. The SMILES string of the molecule is CC(C)C(CNC(=O)C1CCC(=O)NC1)C(=O)O. The van der Waals surface area contributed by atoms with Crippen LogP contribution < -0.4 is 10.6 Å². The van der Waals surface area contributed by atoms with Crippen LogP contribution in [-0.2, 0) is 14.4 Å². The van der Waals surface area contributed by atoms with Crippen LogP contribution in [0.2, 0.25) is 0 Å². The molecule has 0 spiro atoms. The van der Waals surface area contributed by atoms with E-state index in [0.717, 1.165) is 0 Å². The van der Waals surface area contributed by atoms with E-state index in [1.54, 1.807) is 0 Å². The van der Waals surface area contributed by atoms with Gasteiger partial charge < -0.3 is 15.7 Å². The summed E-state index contributed by atoms with van der Waals surface area (Å²) < 4.78 is 0. The second-order valence-corrected chi connectivity index (χ2v) is 4.97. The predicted octanol–water partition coefficient (Wildman–Crippen LogP) is -0.0144. The number of rotatable bonds is 5. The van der Waals surface area contributed by atoms with Crippen LogP contribution in [0.15, 0.2) is 0 Å². The largest absolute Gasteiger partial charge is 0.481 e. The average Bonchev–Trinajstić information content (AvgIpc) is 2.28. The fraction of sp³-hybridized carbons (Fsp3) is 0.750. The molecule has 6 heteroatoms. The molecule has 3 N–H and O–H groups in total. The second-order valence-electron chi connectivity index (χ2n) is 4.97. The number of carboxylic acids is 1. The molecule has 0 aliphatic carbocycles. The number of hydrogen-bond donors (Lipinski definition) is 3. The Labute approximate surface area is 106 Å². The van der Waals surface area contributed by atoms with E-state index in [2.05, 4.69) is 10.6 Å². The van der Waals surface area contributed by atoms with Gasteiger partial charge in [-0.1, -0.05) is 13.8 Å². The molecule has 1 aliphatic rings. The molecule has 1 aliphatic heterocycles. The summed E-state index contributed by atoms with van der Waals surface area (Å²) in [7, 11) is 0. The summed E-state index contributed by atoms with van der Waals surface area (Å²) in [4.78, 5) is 33.7. The average molecular weight is 256 g/mol. The van der Waals surface area contributed by atoms with E-state index < -0.39 is 11.9 Å². The zero-order valence-electron chi connectivity index (χ0n) is 10.7. The monoisotopic (exact) mass is 256 g/mol. The quantitative estimate of drug-likeness (QED) is 0.644. The highest BCUT2D eigenvalue weighted by Gasteiger charge is 2.27. The van der Waals surface area contributed by atoms with Crippen molar-refractivity contribution in [1.29, 1.82) is 0 Å². The van der Waals surface area contributed by atoms with Gasteiger partial charge in [0.15, 0.2) is 0 Å². The zero-order chi connectivity index (χ0) is 13.7. The van der Waals surface area contributed by atoms with Gasteiger partial charge in [-0.05, 0) is 12.3 Å². The lowest BCUT2D eigenvalue weighted by molar-refractivity contribution is -0.143. The van der Waals surface area contributed by atoms with Crippen molar-refractivity contribution in [2.75, 3.05) is 13.1 Å². The molecule has 1 heterocycles. The van der Waals surface area contributed by atoms with Crippen LogP contribution in [0.3, 0.4) is 0 Å². The van der Waals surface area contributed by atoms with E-state index >= 15 is 0 Å². The molecule has 1 saturated heterocycles. The van der Waals surface area contributed by atoms with Crippen molar-refractivity contribution in [3.8, 4) is 0 Å². The maximum atomic E-state index is 11.8. The molecule has 0 radical (unpaired) electrons. The number of carbonyl (C=O) groups excluding carboxylic acids is 2. The van der Waals surface area contributed by atoms with Crippen molar-refractivity contribution >= 4 is 17.8 Å². The van der Waals surface area contributed by atoms with Gasteiger partial charge in [0.05, 0.1) is 11.8 Å². The van der Waals surface area contributed by atoms with Crippen LogP contribution >= 0.6 is 0 Å². The summed E-state index contributed by atoms with van der Waals surface area (Å²) >= 11 is 0. The molecular formula is C12H20N2O4. The normalized spacial score (nSPS) is 21.3. The minimum absolute atomic E-state index is 0.0335. The number of nitrogens with one attached hydrogen (secondary N) is 2. The first-order valence-electron chi connectivity index (χ1n) is 6.19. The smallest absolute Gasteiger partial charge is 0.308 e. The predicted molar refractivity (Wildman–Crippen MR) is 64.7 cm³/mol. The molecule has 102 valence electrons. The Kier molecular flexibility index (Phi) is 5.12. The Morgan fingerprint density at radius 1 is 1.50 bits per heavy atom. The summed E-state index contributed by atoms with van der Waals surface area (Å²) in [5.41, 5.74) is 0. The molecular weight excluding hydrogens is 236 g/mol. The van der Waals surface area contributed by atoms with Gasteiger partial charge in [-0.2, -0.15) is 0 Å².